The molecule has 0 radical (unpaired) electrons. The van der Waals surface area contributed by atoms with Crippen molar-refractivity contribution in [2.45, 2.75) is 13.3 Å². The van der Waals surface area contributed by atoms with Gasteiger partial charge in [-0.15, -0.1) is 0 Å². The fraction of sp³-hybridized carbons (Fsp3) is 0.250. The molecule has 2 heterocycles. The molecule has 0 bridgehead atoms. The Bertz CT molecular complexity index is 525. The summed E-state index contributed by atoms with van der Waals surface area (Å²) >= 11 is 6.07. The van der Waals surface area contributed by atoms with E-state index < -0.39 is 0 Å². The van der Waals surface area contributed by atoms with Crippen molar-refractivity contribution in [1.82, 2.24) is 9.38 Å². The second kappa shape index (κ2) is 4.68. The van der Waals surface area contributed by atoms with Gasteiger partial charge in [-0.25, -0.2) is 4.98 Å². The van der Waals surface area contributed by atoms with Gasteiger partial charge in [-0.3, -0.25) is 4.40 Å². The molecule has 2 rings (SSSR count). The minimum atomic E-state index is 0.0485. The molecule has 1 N–H and O–H groups in total. The number of rotatable bonds is 3. The molecule has 2 aromatic heterocycles. The highest BCUT2D eigenvalue weighted by atomic mass is 35.5. The van der Waals surface area contributed by atoms with Crippen LogP contribution in [0.5, 0.6) is 0 Å². The standard InChI is InChI=1S/C12H13ClN2O/c1-2-9(8-16)7-10-12(13)14-11-5-3-4-6-15(10)11/h3-7,16H,2,8H2,1H3. The third-order valence-electron chi connectivity index (χ3n) is 2.52. The van der Waals surface area contributed by atoms with Crippen molar-refractivity contribution < 1.29 is 5.11 Å². The summed E-state index contributed by atoms with van der Waals surface area (Å²) in [5.41, 5.74) is 2.57. The van der Waals surface area contributed by atoms with Crippen LogP contribution in [-0.4, -0.2) is 21.1 Å². The second-order valence-corrected chi connectivity index (χ2v) is 3.89. The Morgan fingerprint density at radius 2 is 2.38 bits per heavy atom. The summed E-state index contributed by atoms with van der Waals surface area (Å²) in [7, 11) is 0. The molecule has 16 heavy (non-hydrogen) atoms. The molecule has 0 amide bonds. The van der Waals surface area contributed by atoms with Gasteiger partial charge in [0.2, 0.25) is 0 Å². The molecule has 3 nitrogen and oxygen atoms in total. The van der Waals surface area contributed by atoms with E-state index in [1.165, 1.54) is 0 Å². The molecule has 4 heteroatoms. The maximum Gasteiger partial charge on any atom is 0.155 e. The van der Waals surface area contributed by atoms with Crippen LogP contribution in [0.3, 0.4) is 0 Å². The van der Waals surface area contributed by atoms with Crippen molar-refractivity contribution in [3.8, 4) is 0 Å². The fourth-order valence-corrected chi connectivity index (χ4v) is 1.80. The summed E-state index contributed by atoms with van der Waals surface area (Å²) in [6, 6.07) is 5.74. The van der Waals surface area contributed by atoms with Gasteiger partial charge in [0, 0.05) is 6.20 Å². The SMILES string of the molecule is CCC(=Cc1c(Cl)nc2ccccn12)CO. The van der Waals surface area contributed by atoms with Crippen LogP contribution in [0.15, 0.2) is 30.0 Å². The van der Waals surface area contributed by atoms with E-state index in [0.717, 1.165) is 23.3 Å². The zero-order chi connectivity index (χ0) is 11.5. The van der Waals surface area contributed by atoms with E-state index in [4.69, 9.17) is 16.7 Å². The highest BCUT2D eigenvalue weighted by Gasteiger charge is 2.07. The van der Waals surface area contributed by atoms with Gasteiger partial charge in [-0.1, -0.05) is 24.6 Å². The van der Waals surface area contributed by atoms with Gasteiger partial charge in [0.1, 0.15) is 5.65 Å². The van der Waals surface area contributed by atoms with E-state index in [0.29, 0.717) is 5.15 Å². The number of halogens is 1. The zero-order valence-electron chi connectivity index (χ0n) is 9.02. The summed E-state index contributed by atoms with van der Waals surface area (Å²) in [6.45, 7) is 2.05. The number of nitrogens with zero attached hydrogens (tertiary/aromatic N) is 2. The van der Waals surface area contributed by atoms with Gasteiger partial charge >= 0.3 is 0 Å². The number of aliphatic hydroxyl groups is 1. The topological polar surface area (TPSA) is 37.5 Å². The largest absolute Gasteiger partial charge is 0.392 e. The summed E-state index contributed by atoms with van der Waals surface area (Å²) in [4.78, 5) is 4.24. The maximum atomic E-state index is 9.15. The van der Waals surface area contributed by atoms with Crippen LogP contribution in [-0.2, 0) is 0 Å². The lowest BCUT2D eigenvalue weighted by atomic mass is 10.2. The van der Waals surface area contributed by atoms with Crippen molar-refractivity contribution in [2.75, 3.05) is 6.61 Å². The lowest BCUT2D eigenvalue weighted by molar-refractivity contribution is 0.329. The molecule has 2 aromatic rings. The molecule has 0 fully saturated rings. The number of hydrogen-bond acceptors (Lipinski definition) is 2. The number of imidazole rings is 1. The van der Waals surface area contributed by atoms with Crippen molar-refractivity contribution in [2.24, 2.45) is 0 Å². The van der Waals surface area contributed by atoms with Crippen LogP contribution in [0.25, 0.3) is 11.7 Å². The highest BCUT2D eigenvalue weighted by Crippen LogP contribution is 2.20. The molecule has 0 saturated heterocycles. The Morgan fingerprint density at radius 3 is 3.06 bits per heavy atom. The Morgan fingerprint density at radius 1 is 1.56 bits per heavy atom. The highest BCUT2D eigenvalue weighted by molar-refractivity contribution is 6.31. The van der Waals surface area contributed by atoms with E-state index in [-0.39, 0.29) is 6.61 Å². The first-order chi connectivity index (χ1) is 7.76. The second-order valence-electron chi connectivity index (χ2n) is 3.53. The predicted molar refractivity (Wildman–Crippen MR) is 65.6 cm³/mol. The van der Waals surface area contributed by atoms with Gasteiger partial charge in [0.25, 0.3) is 0 Å². The fourth-order valence-electron chi connectivity index (χ4n) is 1.57. The van der Waals surface area contributed by atoms with E-state index in [9.17, 15) is 0 Å². The molecule has 0 atom stereocenters. The molecule has 0 aromatic carbocycles. The summed E-state index contributed by atoms with van der Waals surface area (Å²) in [5, 5.41) is 9.61. The molecule has 0 unspecified atom stereocenters. The lowest BCUT2D eigenvalue weighted by Gasteiger charge is -2.00. The summed E-state index contributed by atoms with van der Waals surface area (Å²) < 4.78 is 1.91. The van der Waals surface area contributed by atoms with Crippen LogP contribution >= 0.6 is 11.6 Å². The third-order valence-corrected chi connectivity index (χ3v) is 2.80. The molecular weight excluding hydrogens is 224 g/mol. The Hall–Kier alpha value is -1.32. The first kappa shape index (κ1) is 11.2. The number of aromatic nitrogens is 2. The monoisotopic (exact) mass is 236 g/mol. The van der Waals surface area contributed by atoms with Crippen LogP contribution in [0, 0.1) is 0 Å². The van der Waals surface area contributed by atoms with E-state index >= 15 is 0 Å². The first-order valence-electron chi connectivity index (χ1n) is 5.19. The van der Waals surface area contributed by atoms with Gasteiger partial charge in [-0.05, 0) is 30.2 Å². The Kier molecular flexibility index (Phi) is 3.27. The molecule has 0 aliphatic rings. The minimum Gasteiger partial charge on any atom is -0.392 e. The van der Waals surface area contributed by atoms with E-state index in [1.807, 2.05) is 41.8 Å². The summed E-state index contributed by atoms with van der Waals surface area (Å²) in [6.07, 6.45) is 4.60. The number of fused-ring (bicyclic) bond motifs is 1. The Labute approximate surface area is 99.0 Å². The van der Waals surface area contributed by atoms with Crippen molar-refractivity contribution in [3.63, 3.8) is 0 Å². The molecule has 84 valence electrons. The minimum absolute atomic E-state index is 0.0485. The van der Waals surface area contributed by atoms with E-state index in [1.54, 1.807) is 0 Å². The first-order valence-corrected chi connectivity index (χ1v) is 5.57. The molecule has 0 saturated carbocycles. The zero-order valence-corrected chi connectivity index (χ0v) is 9.78. The Balaban J connectivity index is 2.59. The average Bonchev–Trinajstić information content (AvgIpc) is 2.62. The van der Waals surface area contributed by atoms with Crippen LogP contribution in [0.4, 0.5) is 0 Å². The summed E-state index contributed by atoms with van der Waals surface area (Å²) in [5.74, 6) is 0. The number of hydrogen-bond donors (Lipinski definition) is 1. The number of aliphatic hydroxyl groups excluding tert-OH is 1. The van der Waals surface area contributed by atoms with Gasteiger partial charge < -0.3 is 5.11 Å². The molecule has 0 spiro atoms. The van der Waals surface area contributed by atoms with Gasteiger partial charge in [0.15, 0.2) is 5.15 Å². The molecule has 0 aliphatic heterocycles. The van der Waals surface area contributed by atoms with Gasteiger partial charge in [-0.2, -0.15) is 0 Å². The van der Waals surface area contributed by atoms with E-state index in [2.05, 4.69) is 4.98 Å². The molecule has 0 aliphatic carbocycles. The predicted octanol–water partition coefficient (Wildman–Crippen LogP) is 2.77. The van der Waals surface area contributed by atoms with Crippen LogP contribution < -0.4 is 0 Å². The molecular formula is C12H13ClN2O. The number of pyridine rings is 1. The van der Waals surface area contributed by atoms with Gasteiger partial charge in [0.05, 0.1) is 12.3 Å². The van der Waals surface area contributed by atoms with Crippen molar-refractivity contribution in [3.05, 3.63) is 40.8 Å². The van der Waals surface area contributed by atoms with Crippen molar-refractivity contribution in [1.29, 1.82) is 0 Å². The maximum absolute atomic E-state index is 9.15. The third kappa shape index (κ3) is 1.96. The quantitative estimate of drug-likeness (QED) is 0.890. The van der Waals surface area contributed by atoms with Crippen molar-refractivity contribution >= 4 is 23.3 Å². The van der Waals surface area contributed by atoms with Crippen LogP contribution in [0.2, 0.25) is 5.15 Å². The van der Waals surface area contributed by atoms with Crippen LogP contribution in [0.1, 0.15) is 19.0 Å². The normalized spacial score (nSPS) is 12.3. The smallest absolute Gasteiger partial charge is 0.155 e. The lowest BCUT2D eigenvalue weighted by Crippen LogP contribution is -1.91. The average molecular weight is 237 g/mol.